The molecule has 4 rings (SSSR count). The van der Waals surface area contributed by atoms with Crippen LogP contribution in [0.4, 0.5) is 17.1 Å². The Morgan fingerprint density at radius 2 is 1.28 bits per heavy atom. The summed E-state index contributed by atoms with van der Waals surface area (Å²) < 4.78 is 6.51. The molecule has 0 bridgehead atoms. The third-order valence-corrected chi connectivity index (χ3v) is 10.5. The van der Waals surface area contributed by atoms with Crippen LogP contribution in [-0.2, 0) is 19.3 Å². The van der Waals surface area contributed by atoms with Gasteiger partial charge in [-0.3, -0.25) is 0 Å². The smallest absolute Gasteiger partial charge is 0.131 e. The fourth-order valence-corrected chi connectivity index (χ4v) is 7.39. The van der Waals surface area contributed by atoms with Crippen molar-refractivity contribution in [1.82, 2.24) is 0 Å². The molecule has 0 atom stereocenters. The first kappa shape index (κ1) is 41.1. The molecule has 278 valence electrons. The van der Waals surface area contributed by atoms with Crippen molar-refractivity contribution in [2.24, 2.45) is 0 Å². The van der Waals surface area contributed by atoms with E-state index in [1.807, 2.05) is 12.1 Å². The quantitative estimate of drug-likeness (QED) is 0.0608. The van der Waals surface area contributed by atoms with Gasteiger partial charge in [-0.2, -0.15) is 10.5 Å². The number of benzene rings is 3. The summed E-state index contributed by atoms with van der Waals surface area (Å²) >= 11 is 1.61. The average Bonchev–Trinajstić information content (AvgIpc) is 3.58. The lowest BCUT2D eigenvalue weighted by Crippen LogP contribution is -2.11. The van der Waals surface area contributed by atoms with E-state index in [0.29, 0.717) is 6.61 Å². The molecule has 0 amide bonds. The van der Waals surface area contributed by atoms with Crippen LogP contribution < -0.4 is 9.64 Å². The van der Waals surface area contributed by atoms with E-state index in [-0.39, 0.29) is 12.2 Å². The Hall–Kier alpha value is -4.62. The first-order valence-corrected chi connectivity index (χ1v) is 20.5. The van der Waals surface area contributed by atoms with Crippen LogP contribution in [0.15, 0.2) is 78.4 Å². The van der Waals surface area contributed by atoms with E-state index in [1.54, 1.807) is 17.4 Å². The summed E-state index contributed by atoms with van der Waals surface area (Å²) in [5.41, 5.74) is 8.21. The molecule has 1 heterocycles. The maximum Gasteiger partial charge on any atom is 0.131 e. The number of aliphatic hydroxyl groups excluding tert-OH is 1. The van der Waals surface area contributed by atoms with Crippen LogP contribution in [0, 0.1) is 22.7 Å². The largest absolute Gasteiger partial charge is 0.493 e. The number of ether oxygens (including phenoxy) is 1. The summed E-state index contributed by atoms with van der Waals surface area (Å²) in [5.74, 6) is 0.805. The van der Waals surface area contributed by atoms with Gasteiger partial charge in [0, 0.05) is 45.1 Å². The second kappa shape index (κ2) is 23.1. The summed E-state index contributed by atoms with van der Waals surface area (Å²) in [7, 11) is 0. The number of aliphatic hydroxyl groups is 1. The maximum absolute atomic E-state index is 9.45. The van der Waals surface area contributed by atoms with E-state index in [4.69, 9.17) is 4.74 Å². The lowest BCUT2D eigenvalue weighted by molar-refractivity contribution is 0.266. The van der Waals surface area contributed by atoms with Gasteiger partial charge < -0.3 is 14.7 Å². The number of rotatable bonds is 23. The van der Waals surface area contributed by atoms with Crippen LogP contribution in [0.5, 0.6) is 5.75 Å². The Labute approximate surface area is 322 Å². The number of thiophene rings is 1. The summed E-state index contributed by atoms with van der Waals surface area (Å²) in [6.45, 7) is 7.42. The second-order valence-electron chi connectivity index (χ2n) is 13.7. The van der Waals surface area contributed by atoms with Crippen LogP contribution in [-0.4, -0.2) is 18.3 Å². The zero-order valence-corrected chi connectivity index (χ0v) is 32.9. The van der Waals surface area contributed by atoms with Crippen molar-refractivity contribution < 1.29 is 9.84 Å². The third kappa shape index (κ3) is 13.1. The molecule has 4 aromatic rings. The van der Waals surface area contributed by atoms with Crippen molar-refractivity contribution in [2.75, 3.05) is 18.1 Å². The molecule has 1 aromatic heterocycles. The second-order valence-corrected chi connectivity index (χ2v) is 14.8. The topological polar surface area (TPSA) is 80.3 Å². The van der Waals surface area contributed by atoms with Crippen molar-refractivity contribution in [2.45, 2.75) is 111 Å². The van der Waals surface area contributed by atoms with Crippen LogP contribution in [0.1, 0.15) is 123 Å². The lowest BCUT2D eigenvalue weighted by Gasteiger charge is -2.27. The molecule has 0 unspecified atom stereocenters. The zero-order valence-electron chi connectivity index (χ0n) is 32.1. The van der Waals surface area contributed by atoms with Crippen LogP contribution >= 0.6 is 11.3 Å². The van der Waals surface area contributed by atoms with Gasteiger partial charge in [0.15, 0.2) is 0 Å². The van der Waals surface area contributed by atoms with Crippen molar-refractivity contribution in [3.8, 4) is 17.9 Å². The predicted octanol–water partition coefficient (Wildman–Crippen LogP) is 13.2. The van der Waals surface area contributed by atoms with Gasteiger partial charge in [-0.05, 0) is 135 Å². The minimum Gasteiger partial charge on any atom is -0.493 e. The molecule has 0 spiro atoms. The molecular weight excluding hydrogens is 671 g/mol. The standard InChI is InChI=1S/C47H57N3O2S/c1-4-7-10-12-17-41-33-45(53-47(41)32-39(35-48)36-49)29-23-40-22-28-44(34-46(40)52-31-14-11-13-30-51)50(42-24-18-37(19-25-42)15-8-5-2)43-26-20-38(21-27-43)16-9-6-3/h18-29,32-34,51H,4-17,30-31H2,1-3H3/b29-23+. The number of unbranched alkanes of at least 4 members (excludes halogenated alkanes) is 7. The maximum atomic E-state index is 9.45. The summed E-state index contributed by atoms with van der Waals surface area (Å²) in [5, 5.41) is 28.2. The van der Waals surface area contributed by atoms with Gasteiger partial charge in [-0.15, -0.1) is 11.3 Å². The summed E-state index contributed by atoms with van der Waals surface area (Å²) in [6, 6.07) is 30.6. The number of hydrogen-bond acceptors (Lipinski definition) is 6. The minimum absolute atomic E-state index is 0.125. The molecule has 0 aliphatic rings. The van der Waals surface area contributed by atoms with Crippen molar-refractivity contribution in [3.05, 3.63) is 110 Å². The number of hydrogen-bond donors (Lipinski definition) is 1. The third-order valence-electron chi connectivity index (χ3n) is 9.45. The SMILES string of the molecule is CCCCCCc1cc(/C=C/c2ccc(N(c3ccc(CCCC)cc3)c3ccc(CCCC)cc3)cc2OCCCCCO)sc1C=C(C#N)C#N. The van der Waals surface area contributed by atoms with Crippen molar-refractivity contribution in [1.29, 1.82) is 10.5 Å². The Balaban J connectivity index is 1.72. The molecule has 3 aromatic carbocycles. The van der Waals surface area contributed by atoms with Gasteiger partial charge in [-0.25, -0.2) is 0 Å². The van der Waals surface area contributed by atoms with E-state index in [1.165, 1.54) is 61.6 Å². The summed E-state index contributed by atoms with van der Waals surface area (Å²) in [4.78, 5) is 4.36. The highest BCUT2D eigenvalue weighted by atomic mass is 32.1. The van der Waals surface area contributed by atoms with Gasteiger partial charge in [-0.1, -0.05) is 77.1 Å². The van der Waals surface area contributed by atoms with Gasteiger partial charge in [0.1, 0.15) is 23.5 Å². The molecular formula is C47H57N3O2S. The van der Waals surface area contributed by atoms with Crippen LogP contribution in [0.2, 0.25) is 0 Å². The van der Waals surface area contributed by atoms with E-state index in [0.717, 1.165) is 83.1 Å². The highest BCUT2D eigenvalue weighted by molar-refractivity contribution is 7.14. The van der Waals surface area contributed by atoms with E-state index >= 15 is 0 Å². The molecule has 0 saturated heterocycles. The van der Waals surface area contributed by atoms with Gasteiger partial charge in [0.05, 0.1) is 6.61 Å². The monoisotopic (exact) mass is 727 g/mol. The fourth-order valence-electron chi connectivity index (χ4n) is 6.33. The molecule has 6 heteroatoms. The molecule has 53 heavy (non-hydrogen) atoms. The molecule has 1 N–H and O–H groups in total. The summed E-state index contributed by atoms with van der Waals surface area (Å²) in [6.07, 6.45) is 20.9. The van der Waals surface area contributed by atoms with Crippen molar-refractivity contribution in [3.63, 3.8) is 0 Å². The Morgan fingerprint density at radius 1 is 0.679 bits per heavy atom. The predicted molar refractivity (Wildman–Crippen MR) is 225 cm³/mol. The van der Waals surface area contributed by atoms with Crippen LogP contribution in [0.25, 0.3) is 18.2 Å². The van der Waals surface area contributed by atoms with Crippen molar-refractivity contribution >= 4 is 46.6 Å². The first-order chi connectivity index (χ1) is 26.0. The lowest BCUT2D eigenvalue weighted by atomic mass is 10.0. The molecule has 0 saturated carbocycles. The minimum atomic E-state index is 0.125. The number of anilines is 3. The average molecular weight is 728 g/mol. The highest BCUT2D eigenvalue weighted by Crippen LogP contribution is 2.38. The molecule has 0 aliphatic heterocycles. The van der Waals surface area contributed by atoms with E-state index in [2.05, 4.69) is 111 Å². The van der Waals surface area contributed by atoms with Gasteiger partial charge >= 0.3 is 0 Å². The molecule has 5 nitrogen and oxygen atoms in total. The molecule has 0 aliphatic carbocycles. The Morgan fingerprint density at radius 3 is 1.87 bits per heavy atom. The van der Waals surface area contributed by atoms with E-state index < -0.39 is 0 Å². The van der Waals surface area contributed by atoms with Gasteiger partial charge in [0.25, 0.3) is 0 Å². The number of allylic oxidation sites excluding steroid dienone is 1. The first-order valence-electron chi connectivity index (χ1n) is 19.7. The van der Waals surface area contributed by atoms with Gasteiger partial charge in [0.2, 0.25) is 0 Å². The molecule has 0 fully saturated rings. The Kier molecular flexibility index (Phi) is 18.0. The van der Waals surface area contributed by atoms with Crippen LogP contribution in [0.3, 0.4) is 0 Å². The number of nitrogens with zero attached hydrogens (tertiary/aromatic N) is 3. The zero-order chi connectivity index (χ0) is 37.7. The Bertz CT molecular complexity index is 1760. The number of nitriles is 2. The number of aryl methyl sites for hydroxylation is 3. The molecule has 0 radical (unpaired) electrons. The normalized spacial score (nSPS) is 11.0. The van der Waals surface area contributed by atoms with E-state index in [9.17, 15) is 15.6 Å². The highest BCUT2D eigenvalue weighted by Gasteiger charge is 2.16. The fraction of sp³-hybridized carbons (Fsp3) is 0.404.